The van der Waals surface area contributed by atoms with E-state index in [9.17, 15) is 4.79 Å². The first-order valence-corrected chi connectivity index (χ1v) is 6.84. The number of hydrogen-bond acceptors (Lipinski definition) is 4. The number of halogens is 1. The lowest BCUT2D eigenvalue weighted by Crippen LogP contribution is -2.30. The molecule has 1 amide bonds. The smallest absolute Gasteiger partial charge is 0.259 e. The van der Waals surface area contributed by atoms with E-state index >= 15 is 0 Å². The second-order valence-electron chi connectivity index (χ2n) is 5.70. The number of nitrogens with zero attached hydrogens (tertiary/aromatic N) is 2. The second kappa shape index (κ2) is 4.38. The maximum atomic E-state index is 12.5. The molecule has 1 aromatic rings. The van der Waals surface area contributed by atoms with E-state index in [1.807, 2.05) is 13.8 Å². The fourth-order valence-corrected chi connectivity index (χ4v) is 2.80. The molecule has 6 heteroatoms. The number of anilines is 1. The van der Waals surface area contributed by atoms with E-state index in [1.54, 1.807) is 17.2 Å². The van der Waals surface area contributed by atoms with Crippen LogP contribution in [0.15, 0.2) is 11.1 Å². The third-order valence-corrected chi connectivity index (χ3v) is 3.87. The van der Waals surface area contributed by atoms with Crippen LogP contribution in [0.1, 0.15) is 29.8 Å². The number of amides is 1. The summed E-state index contributed by atoms with van der Waals surface area (Å²) in [4.78, 5) is 18.2. The average molecular weight is 294 g/mol. The summed E-state index contributed by atoms with van der Waals surface area (Å²) in [5.41, 5.74) is 7.43. The predicted octanol–water partition coefficient (Wildman–Crippen LogP) is 2.12. The number of aliphatic imine (C=N–C) groups is 1. The minimum absolute atomic E-state index is 0.127. The molecule has 0 aliphatic carbocycles. The number of carbonyl (C=O) groups is 1. The number of carbonyl (C=O) groups excluding carboxylic acids is 1. The van der Waals surface area contributed by atoms with E-state index in [0.717, 1.165) is 5.56 Å². The van der Waals surface area contributed by atoms with Gasteiger partial charge in [0.05, 0.1) is 22.8 Å². The molecule has 0 saturated carbocycles. The van der Waals surface area contributed by atoms with Crippen molar-refractivity contribution in [2.75, 3.05) is 18.9 Å². The number of ether oxygens (including phenoxy) is 1. The van der Waals surface area contributed by atoms with Crippen molar-refractivity contribution in [1.82, 2.24) is 4.90 Å². The highest BCUT2D eigenvalue weighted by atomic mass is 35.5. The van der Waals surface area contributed by atoms with Gasteiger partial charge in [-0.25, -0.2) is 0 Å². The Bertz CT molecular complexity index is 617. The number of rotatable bonds is 1. The van der Waals surface area contributed by atoms with Gasteiger partial charge < -0.3 is 15.4 Å². The van der Waals surface area contributed by atoms with Crippen molar-refractivity contribution in [2.24, 2.45) is 4.99 Å². The topological polar surface area (TPSA) is 67.9 Å². The van der Waals surface area contributed by atoms with Gasteiger partial charge in [-0.05, 0) is 19.9 Å². The van der Waals surface area contributed by atoms with Gasteiger partial charge in [0.15, 0.2) is 0 Å². The molecule has 0 bridgehead atoms. The summed E-state index contributed by atoms with van der Waals surface area (Å²) in [6.07, 6.45) is 2.37. The van der Waals surface area contributed by atoms with Gasteiger partial charge in [-0.15, -0.1) is 0 Å². The molecule has 0 atom stereocenters. The summed E-state index contributed by atoms with van der Waals surface area (Å²) in [6.45, 7) is 4.82. The van der Waals surface area contributed by atoms with Crippen molar-refractivity contribution >= 4 is 29.4 Å². The van der Waals surface area contributed by atoms with Crippen molar-refractivity contribution in [1.29, 1.82) is 0 Å². The molecule has 5 nitrogen and oxygen atoms in total. The Morgan fingerprint density at radius 1 is 1.55 bits per heavy atom. The normalized spacial score (nSPS) is 19.1. The summed E-state index contributed by atoms with van der Waals surface area (Å²) in [6, 6.07) is 1.60. The summed E-state index contributed by atoms with van der Waals surface area (Å²) in [5.74, 6) is 0.437. The van der Waals surface area contributed by atoms with Crippen LogP contribution in [0.2, 0.25) is 5.02 Å². The first kappa shape index (κ1) is 13.2. The molecule has 0 unspecified atom stereocenters. The van der Waals surface area contributed by atoms with Crippen molar-refractivity contribution < 1.29 is 9.53 Å². The summed E-state index contributed by atoms with van der Waals surface area (Å²) in [5, 5.41) is 0.397. The lowest BCUT2D eigenvalue weighted by Gasteiger charge is -2.20. The first-order valence-electron chi connectivity index (χ1n) is 6.46. The Morgan fingerprint density at radius 2 is 2.30 bits per heavy atom. The van der Waals surface area contributed by atoms with E-state index in [1.165, 1.54) is 0 Å². The highest BCUT2D eigenvalue weighted by Gasteiger charge is 2.36. The molecule has 106 valence electrons. The van der Waals surface area contributed by atoms with E-state index in [4.69, 9.17) is 22.1 Å². The van der Waals surface area contributed by atoms with Crippen LogP contribution in [0, 0.1) is 0 Å². The minimum Gasteiger partial charge on any atom is -0.486 e. The van der Waals surface area contributed by atoms with Gasteiger partial charge in [-0.1, -0.05) is 11.6 Å². The zero-order valence-electron chi connectivity index (χ0n) is 11.4. The maximum Gasteiger partial charge on any atom is 0.259 e. The fourth-order valence-electron chi connectivity index (χ4n) is 2.58. The summed E-state index contributed by atoms with van der Waals surface area (Å²) < 4.78 is 5.91. The van der Waals surface area contributed by atoms with Crippen molar-refractivity contribution in [3.05, 3.63) is 22.2 Å². The molecule has 3 rings (SSSR count). The Morgan fingerprint density at radius 3 is 2.95 bits per heavy atom. The largest absolute Gasteiger partial charge is 0.486 e. The predicted molar refractivity (Wildman–Crippen MR) is 78.7 cm³/mol. The SMILES string of the molecule is CC1(C)Cc2c(N)c(Cl)cc(C(=O)N3CC=NC3)c2O1. The zero-order chi connectivity index (χ0) is 14.5. The molecule has 0 radical (unpaired) electrons. The molecule has 2 N–H and O–H groups in total. The monoisotopic (exact) mass is 293 g/mol. The van der Waals surface area contributed by atoms with E-state index in [-0.39, 0.29) is 11.5 Å². The zero-order valence-corrected chi connectivity index (χ0v) is 12.2. The second-order valence-corrected chi connectivity index (χ2v) is 6.11. The molecule has 2 aliphatic heterocycles. The number of nitrogens with two attached hydrogens (primary N) is 1. The minimum atomic E-state index is -0.377. The van der Waals surface area contributed by atoms with Crippen LogP contribution in [0.25, 0.3) is 0 Å². The number of nitrogen functional groups attached to an aromatic ring is 1. The van der Waals surface area contributed by atoms with Crippen LogP contribution < -0.4 is 10.5 Å². The van der Waals surface area contributed by atoms with E-state index in [0.29, 0.717) is 41.7 Å². The molecule has 0 aromatic heterocycles. The van der Waals surface area contributed by atoms with Crippen LogP contribution in [0.5, 0.6) is 5.75 Å². The molecule has 1 aromatic carbocycles. The summed E-state index contributed by atoms with van der Waals surface area (Å²) in [7, 11) is 0. The van der Waals surface area contributed by atoms with Crippen LogP contribution >= 0.6 is 11.6 Å². The van der Waals surface area contributed by atoms with Gasteiger partial charge >= 0.3 is 0 Å². The van der Waals surface area contributed by atoms with Crippen molar-refractivity contribution in [3.63, 3.8) is 0 Å². The highest BCUT2D eigenvalue weighted by molar-refractivity contribution is 6.33. The van der Waals surface area contributed by atoms with Crippen LogP contribution in [-0.4, -0.2) is 35.8 Å². The molecule has 2 heterocycles. The quantitative estimate of drug-likeness (QED) is 0.807. The number of benzene rings is 1. The Balaban J connectivity index is 2.07. The van der Waals surface area contributed by atoms with Gasteiger partial charge in [0.2, 0.25) is 0 Å². The van der Waals surface area contributed by atoms with Crippen LogP contribution in [0.4, 0.5) is 5.69 Å². The Hall–Kier alpha value is -1.75. The molecule has 0 saturated heterocycles. The molecule has 20 heavy (non-hydrogen) atoms. The maximum absolute atomic E-state index is 12.5. The highest BCUT2D eigenvalue weighted by Crippen LogP contribution is 2.44. The van der Waals surface area contributed by atoms with Crippen molar-refractivity contribution in [2.45, 2.75) is 25.9 Å². The Labute approximate surface area is 122 Å². The molecule has 0 fully saturated rings. The number of hydrogen-bond donors (Lipinski definition) is 1. The van der Waals surface area contributed by atoms with Gasteiger partial charge in [-0.3, -0.25) is 9.79 Å². The molecular formula is C14H16ClN3O2. The standard InChI is InChI=1S/C14H16ClN3O2/c1-14(2)6-9-11(16)10(15)5-8(12(9)20-14)13(19)18-4-3-17-7-18/h3,5H,4,6-7,16H2,1-2H3. The number of fused-ring (bicyclic) bond motifs is 1. The first-order chi connectivity index (χ1) is 9.39. The van der Waals surface area contributed by atoms with Gasteiger partial charge in [0.25, 0.3) is 5.91 Å². The van der Waals surface area contributed by atoms with Gasteiger partial charge in [0, 0.05) is 18.2 Å². The lowest BCUT2D eigenvalue weighted by atomic mass is 9.98. The van der Waals surface area contributed by atoms with Gasteiger partial charge in [0.1, 0.15) is 18.0 Å². The van der Waals surface area contributed by atoms with Crippen LogP contribution in [-0.2, 0) is 6.42 Å². The van der Waals surface area contributed by atoms with Crippen molar-refractivity contribution in [3.8, 4) is 5.75 Å². The van der Waals surface area contributed by atoms with E-state index in [2.05, 4.69) is 4.99 Å². The molecule has 0 spiro atoms. The van der Waals surface area contributed by atoms with E-state index < -0.39 is 0 Å². The van der Waals surface area contributed by atoms with Gasteiger partial charge in [-0.2, -0.15) is 0 Å². The molecular weight excluding hydrogens is 278 g/mol. The third-order valence-electron chi connectivity index (χ3n) is 3.55. The lowest BCUT2D eigenvalue weighted by molar-refractivity contribution is 0.0784. The average Bonchev–Trinajstić information content (AvgIpc) is 3.00. The summed E-state index contributed by atoms with van der Waals surface area (Å²) >= 11 is 6.16. The third kappa shape index (κ3) is 2.02. The van der Waals surface area contributed by atoms with Crippen LogP contribution in [0.3, 0.4) is 0 Å². The Kier molecular flexibility index (Phi) is 2.90. The fraction of sp³-hybridized carbons (Fsp3) is 0.429. The molecule has 2 aliphatic rings.